The van der Waals surface area contributed by atoms with E-state index in [9.17, 15) is 18.4 Å². The van der Waals surface area contributed by atoms with E-state index >= 15 is 0 Å². The van der Waals surface area contributed by atoms with Crippen LogP contribution in [0.4, 0.5) is 8.78 Å². The molecule has 0 fully saturated rings. The first-order chi connectivity index (χ1) is 21.9. The summed E-state index contributed by atoms with van der Waals surface area (Å²) < 4.78 is 43.2. The summed E-state index contributed by atoms with van der Waals surface area (Å²) in [6.07, 6.45) is 0. The van der Waals surface area contributed by atoms with E-state index in [4.69, 9.17) is 9.47 Å². The van der Waals surface area contributed by atoms with E-state index in [0.29, 0.717) is 56.8 Å². The minimum absolute atomic E-state index is 0.0715. The fourth-order valence-corrected chi connectivity index (χ4v) is 5.08. The number of H-pyrrole nitrogens is 2. The molecular weight excluding hydrogens is 598 g/mol. The molecule has 2 N–H and O–H groups in total. The molecule has 0 aliphatic rings. The topological polar surface area (TPSA) is 145 Å². The van der Waals surface area contributed by atoms with Crippen LogP contribution in [-0.4, -0.2) is 53.8 Å². The van der Waals surface area contributed by atoms with Crippen LogP contribution in [0.25, 0.3) is 33.5 Å². The van der Waals surface area contributed by atoms with Gasteiger partial charge in [0.15, 0.2) is 11.6 Å². The van der Waals surface area contributed by atoms with Crippen molar-refractivity contribution in [2.75, 3.05) is 14.2 Å². The van der Waals surface area contributed by atoms with Crippen molar-refractivity contribution < 1.29 is 18.3 Å². The van der Waals surface area contributed by atoms with Gasteiger partial charge >= 0.3 is 0 Å². The second-order valence-corrected chi connectivity index (χ2v) is 11.3. The number of aromatic nitrogens is 8. The molecule has 14 heteroatoms. The number of nitrogens with zero attached hydrogens (tertiary/aromatic N) is 6. The van der Waals surface area contributed by atoms with E-state index in [1.165, 1.54) is 29.3 Å². The van der Waals surface area contributed by atoms with Gasteiger partial charge in [-0.2, -0.15) is 29.4 Å². The molecule has 0 bridgehead atoms. The molecule has 0 aliphatic carbocycles. The van der Waals surface area contributed by atoms with Crippen molar-refractivity contribution in [1.29, 1.82) is 0 Å². The van der Waals surface area contributed by atoms with Crippen LogP contribution >= 0.6 is 0 Å². The number of hydrogen-bond acceptors (Lipinski definition) is 8. The van der Waals surface area contributed by atoms with E-state index in [1.807, 2.05) is 27.7 Å². The largest absolute Gasteiger partial charge is 0.481 e. The maximum Gasteiger partial charge on any atom is 0.267 e. The normalized spacial score (nSPS) is 11.4. The fraction of sp³-hybridized carbons (Fsp3) is 0.312. The van der Waals surface area contributed by atoms with Crippen LogP contribution in [-0.2, 0) is 0 Å². The number of nitrogens with one attached hydrogen (secondary N) is 2. The van der Waals surface area contributed by atoms with Crippen LogP contribution in [0, 0.1) is 25.5 Å². The molecule has 0 aromatic carbocycles. The molecule has 0 amide bonds. The van der Waals surface area contributed by atoms with Gasteiger partial charge in [0.25, 0.3) is 11.1 Å². The summed E-state index contributed by atoms with van der Waals surface area (Å²) >= 11 is 0. The summed E-state index contributed by atoms with van der Waals surface area (Å²) in [5.41, 5.74) is 3.97. The van der Waals surface area contributed by atoms with Crippen molar-refractivity contribution in [3.8, 4) is 34.3 Å². The van der Waals surface area contributed by atoms with Gasteiger partial charge in [-0.1, -0.05) is 27.7 Å². The molecule has 6 aromatic rings. The SMILES string of the molecule is COc1ccc(-c2cc(C)c(=O)[nH]n2)c2c(F)c(C(C)C)nn12.COc1ccc(-c2n[nH]c(=O)cc2C)c2c(F)c(C(C)C)nn12. The number of fused-ring (bicyclic) bond motifs is 2. The van der Waals surface area contributed by atoms with Gasteiger partial charge in [0.05, 0.1) is 25.6 Å². The summed E-state index contributed by atoms with van der Waals surface area (Å²) in [6, 6.07) is 9.88. The molecule has 0 aliphatic heterocycles. The van der Waals surface area contributed by atoms with Gasteiger partial charge in [-0.05, 0) is 37.6 Å². The zero-order valence-electron chi connectivity index (χ0n) is 26.7. The van der Waals surface area contributed by atoms with Crippen molar-refractivity contribution >= 4 is 11.0 Å². The minimum atomic E-state index is -0.403. The average molecular weight is 633 g/mol. The van der Waals surface area contributed by atoms with Gasteiger partial charge in [-0.15, -0.1) is 0 Å². The summed E-state index contributed by atoms with van der Waals surface area (Å²) in [6.45, 7) is 10.9. The number of halogens is 2. The maximum atomic E-state index is 14.9. The molecule has 6 rings (SSSR count). The second kappa shape index (κ2) is 12.5. The summed E-state index contributed by atoms with van der Waals surface area (Å²) in [4.78, 5) is 22.9. The molecule has 6 aromatic heterocycles. The third-order valence-electron chi connectivity index (χ3n) is 7.45. The quantitative estimate of drug-likeness (QED) is 0.251. The molecule has 0 radical (unpaired) electrons. The van der Waals surface area contributed by atoms with Gasteiger partial charge in [-0.25, -0.2) is 19.0 Å². The summed E-state index contributed by atoms with van der Waals surface area (Å²) in [5, 5.41) is 21.6. The zero-order valence-corrected chi connectivity index (χ0v) is 26.7. The van der Waals surface area contributed by atoms with Crippen molar-refractivity contribution in [2.45, 2.75) is 53.4 Å². The number of aryl methyl sites for hydroxylation is 2. The van der Waals surface area contributed by atoms with Gasteiger partial charge in [0.2, 0.25) is 11.8 Å². The van der Waals surface area contributed by atoms with Crippen LogP contribution in [0.15, 0.2) is 46.0 Å². The maximum absolute atomic E-state index is 14.9. The molecule has 6 heterocycles. The summed E-state index contributed by atoms with van der Waals surface area (Å²) in [5.74, 6) is -0.0944. The van der Waals surface area contributed by atoms with Crippen LogP contribution in [0.2, 0.25) is 0 Å². The van der Waals surface area contributed by atoms with Crippen molar-refractivity contribution in [2.24, 2.45) is 0 Å². The van der Waals surface area contributed by atoms with Crippen LogP contribution in [0.3, 0.4) is 0 Å². The Hall–Kier alpha value is -5.40. The number of aromatic amines is 2. The van der Waals surface area contributed by atoms with E-state index in [-0.39, 0.29) is 34.0 Å². The Morgan fingerprint density at radius 3 is 1.72 bits per heavy atom. The number of hydrogen-bond donors (Lipinski definition) is 2. The first kappa shape index (κ1) is 32.0. The molecule has 0 saturated heterocycles. The standard InChI is InChI=1S/2C16H17FN4O2/c1-8(2)14-13(17)16-10(5-6-12(23-4)21(16)20-14)15-9(3)7-11(22)18-19-15;1-8(2)14-13(17)15-10(5-6-12(23-4)21(15)20-14)11-7-9(3)16(22)19-18-11/h5-8H,1-4H3,(H,18,22);5-8H,1-4H3,(H,19,22). The van der Waals surface area contributed by atoms with E-state index in [1.54, 1.807) is 44.2 Å². The van der Waals surface area contributed by atoms with E-state index in [2.05, 4.69) is 30.6 Å². The Balaban J connectivity index is 0.000000181. The lowest BCUT2D eigenvalue weighted by Gasteiger charge is -2.09. The average Bonchev–Trinajstić information content (AvgIpc) is 3.56. The van der Waals surface area contributed by atoms with E-state index in [0.717, 1.165) is 0 Å². The van der Waals surface area contributed by atoms with Gasteiger partial charge in [-0.3, -0.25) is 9.59 Å². The Morgan fingerprint density at radius 1 is 0.717 bits per heavy atom. The number of methoxy groups -OCH3 is 2. The number of pyridine rings is 2. The van der Waals surface area contributed by atoms with Gasteiger partial charge < -0.3 is 9.47 Å². The Labute approximate surface area is 262 Å². The van der Waals surface area contributed by atoms with Gasteiger partial charge in [0, 0.05) is 46.7 Å². The molecule has 12 nitrogen and oxygen atoms in total. The monoisotopic (exact) mass is 632 g/mol. The molecule has 0 saturated carbocycles. The highest BCUT2D eigenvalue weighted by atomic mass is 19.1. The highest BCUT2D eigenvalue weighted by Crippen LogP contribution is 2.34. The first-order valence-electron chi connectivity index (χ1n) is 14.5. The Bertz CT molecular complexity index is 2200. The van der Waals surface area contributed by atoms with Crippen LogP contribution in [0.5, 0.6) is 11.8 Å². The number of ether oxygens (including phenoxy) is 2. The molecule has 0 atom stereocenters. The van der Waals surface area contributed by atoms with E-state index < -0.39 is 11.6 Å². The highest BCUT2D eigenvalue weighted by molar-refractivity contribution is 5.81. The highest BCUT2D eigenvalue weighted by Gasteiger charge is 2.24. The lowest BCUT2D eigenvalue weighted by atomic mass is 10.1. The zero-order chi connectivity index (χ0) is 33.4. The number of rotatable bonds is 6. The van der Waals surface area contributed by atoms with Crippen molar-refractivity contribution in [1.82, 2.24) is 39.6 Å². The Morgan fingerprint density at radius 2 is 1.24 bits per heavy atom. The van der Waals surface area contributed by atoms with Crippen molar-refractivity contribution in [3.63, 3.8) is 0 Å². The molecule has 0 unspecified atom stereocenters. The fourth-order valence-electron chi connectivity index (χ4n) is 5.08. The van der Waals surface area contributed by atoms with Crippen LogP contribution < -0.4 is 20.6 Å². The smallest absolute Gasteiger partial charge is 0.267 e. The third kappa shape index (κ3) is 5.61. The molecular formula is C32H34F2N8O4. The predicted octanol–water partition coefficient (Wildman–Crippen LogP) is 5.33. The predicted molar refractivity (Wildman–Crippen MR) is 169 cm³/mol. The molecule has 240 valence electrons. The van der Waals surface area contributed by atoms with Crippen molar-refractivity contribution in [3.05, 3.63) is 91.3 Å². The molecule has 0 spiro atoms. The summed E-state index contributed by atoms with van der Waals surface area (Å²) in [7, 11) is 3.01. The third-order valence-corrected chi connectivity index (χ3v) is 7.45. The van der Waals surface area contributed by atoms with Gasteiger partial charge in [0.1, 0.15) is 22.4 Å². The first-order valence-corrected chi connectivity index (χ1v) is 14.5. The second-order valence-electron chi connectivity index (χ2n) is 11.3. The minimum Gasteiger partial charge on any atom is -0.481 e. The van der Waals surface area contributed by atoms with Crippen LogP contribution in [0.1, 0.15) is 62.0 Å². The lowest BCUT2D eigenvalue weighted by Crippen LogP contribution is -2.11. The molecule has 46 heavy (non-hydrogen) atoms. The lowest BCUT2D eigenvalue weighted by molar-refractivity contribution is 0.385. The Kier molecular flexibility index (Phi) is 8.72.